The predicted octanol–water partition coefficient (Wildman–Crippen LogP) is 0.893. The second-order valence-electron chi connectivity index (χ2n) is 4.11. The van der Waals surface area contributed by atoms with Gasteiger partial charge in [-0.25, -0.2) is 8.42 Å². The maximum atomic E-state index is 11.3. The van der Waals surface area contributed by atoms with Crippen LogP contribution >= 0.6 is 0 Å². The highest BCUT2D eigenvalue weighted by molar-refractivity contribution is 7.92. The van der Waals surface area contributed by atoms with Crippen LogP contribution in [0.5, 0.6) is 0 Å². The summed E-state index contributed by atoms with van der Waals surface area (Å²) < 4.78 is 29.0. The average molecular weight is 256 g/mol. The number of benzene rings is 1. The molecule has 1 atom stereocenters. The number of nitrogens with zero attached hydrogens (tertiary/aromatic N) is 1. The van der Waals surface area contributed by atoms with Crippen molar-refractivity contribution in [3.8, 4) is 0 Å². The highest BCUT2D eigenvalue weighted by atomic mass is 32.2. The van der Waals surface area contributed by atoms with E-state index >= 15 is 0 Å². The molecule has 1 unspecified atom stereocenters. The van der Waals surface area contributed by atoms with Gasteiger partial charge in [0.2, 0.25) is 10.0 Å². The molecule has 0 aromatic heterocycles. The number of nitrogens with one attached hydrogen (secondary N) is 1. The van der Waals surface area contributed by atoms with Crippen LogP contribution in [0.3, 0.4) is 0 Å². The van der Waals surface area contributed by atoms with Gasteiger partial charge in [-0.15, -0.1) is 0 Å². The number of ether oxygens (including phenoxy) is 1. The maximum absolute atomic E-state index is 11.3. The van der Waals surface area contributed by atoms with Crippen LogP contribution in [0, 0.1) is 0 Å². The first-order valence-corrected chi connectivity index (χ1v) is 7.21. The van der Waals surface area contributed by atoms with Crippen molar-refractivity contribution in [2.45, 2.75) is 6.10 Å². The lowest BCUT2D eigenvalue weighted by Gasteiger charge is -2.16. The largest absolute Gasteiger partial charge is 0.382 e. The normalized spacial score (nSPS) is 18.8. The molecule has 1 fully saturated rings. The molecule has 0 spiro atoms. The van der Waals surface area contributed by atoms with Crippen LogP contribution in [-0.4, -0.2) is 41.0 Å². The summed E-state index contributed by atoms with van der Waals surface area (Å²) in [5.41, 5.74) is 1.62. The van der Waals surface area contributed by atoms with E-state index < -0.39 is 10.0 Å². The summed E-state index contributed by atoms with van der Waals surface area (Å²) in [6.07, 6.45) is 1.51. The molecule has 2 rings (SSSR count). The molecule has 1 aromatic rings. The fourth-order valence-corrected chi connectivity index (χ4v) is 1.90. The first-order chi connectivity index (χ1) is 7.97. The topological polar surface area (TPSA) is 61.9 Å². The van der Waals surface area contributed by atoms with Gasteiger partial charge >= 0.3 is 0 Å². The molecule has 1 aromatic carbocycles. The Bertz CT molecular complexity index is 480. The zero-order valence-corrected chi connectivity index (χ0v) is 10.7. The molecule has 1 aliphatic heterocycles. The fourth-order valence-electron chi connectivity index (χ4n) is 1.40. The van der Waals surface area contributed by atoms with E-state index in [4.69, 9.17) is 4.74 Å². The number of hydrogen-bond donors (Lipinski definition) is 1. The van der Waals surface area contributed by atoms with Crippen molar-refractivity contribution in [2.24, 2.45) is 0 Å². The fraction of sp³-hybridized carbons (Fsp3) is 0.455. The summed E-state index contributed by atoms with van der Waals surface area (Å²) in [4.78, 5) is 0. The van der Waals surface area contributed by atoms with Gasteiger partial charge in [-0.2, -0.15) is 0 Å². The molecule has 0 aliphatic carbocycles. The van der Waals surface area contributed by atoms with Gasteiger partial charge in [0.15, 0.2) is 0 Å². The van der Waals surface area contributed by atoms with E-state index in [1.165, 1.54) is 17.6 Å². The third-order valence-electron chi connectivity index (χ3n) is 2.66. The van der Waals surface area contributed by atoms with Gasteiger partial charge in [0.05, 0.1) is 24.7 Å². The molecule has 6 heteroatoms. The zero-order valence-electron chi connectivity index (χ0n) is 9.88. The molecule has 0 amide bonds. The molecule has 17 heavy (non-hydrogen) atoms. The van der Waals surface area contributed by atoms with E-state index in [0.717, 1.165) is 18.8 Å². The Labute approximate surface area is 101 Å². The van der Waals surface area contributed by atoms with Gasteiger partial charge in [-0.1, -0.05) is 0 Å². The number of anilines is 2. The Morgan fingerprint density at radius 3 is 2.47 bits per heavy atom. The molecule has 0 bridgehead atoms. The van der Waals surface area contributed by atoms with Crippen molar-refractivity contribution in [3.05, 3.63) is 24.3 Å². The minimum absolute atomic E-state index is 0.327. The Hall–Kier alpha value is -1.27. The summed E-state index contributed by atoms with van der Waals surface area (Å²) >= 11 is 0. The van der Waals surface area contributed by atoms with Gasteiger partial charge in [0.1, 0.15) is 0 Å². The van der Waals surface area contributed by atoms with Crippen molar-refractivity contribution in [1.29, 1.82) is 0 Å². The third kappa shape index (κ3) is 3.34. The van der Waals surface area contributed by atoms with Gasteiger partial charge < -0.3 is 10.1 Å². The highest BCUT2D eigenvalue weighted by Crippen LogP contribution is 2.19. The second-order valence-corrected chi connectivity index (χ2v) is 6.13. The average Bonchev–Trinajstić information content (AvgIpc) is 3.09. The molecule has 1 saturated heterocycles. The third-order valence-corrected chi connectivity index (χ3v) is 3.87. The van der Waals surface area contributed by atoms with Crippen LogP contribution < -0.4 is 9.62 Å². The second kappa shape index (κ2) is 4.54. The van der Waals surface area contributed by atoms with Crippen molar-refractivity contribution >= 4 is 21.4 Å². The monoisotopic (exact) mass is 256 g/mol. The van der Waals surface area contributed by atoms with Crippen LogP contribution in [0.15, 0.2) is 24.3 Å². The van der Waals surface area contributed by atoms with Gasteiger partial charge in [-0.05, 0) is 24.3 Å². The lowest BCUT2D eigenvalue weighted by atomic mass is 10.3. The Kier molecular flexibility index (Phi) is 3.26. The Morgan fingerprint density at radius 2 is 2.00 bits per heavy atom. The SMILES string of the molecule is CN(c1ccc(NCC2CO2)cc1)S(C)(=O)=O. The Balaban J connectivity index is 2.01. The zero-order chi connectivity index (χ0) is 12.5. The predicted molar refractivity (Wildman–Crippen MR) is 67.9 cm³/mol. The summed E-state index contributed by atoms with van der Waals surface area (Å²) in [5, 5.41) is 3.22. The van der Waals surface area contributed by atoms with Crippen LogP contribution in [0.2, 0.25) is 0 Å². The molecular weight excluding hydrogens is 240 g/mol. The maximum Gasteiger partial charge on any atom is 0.231 e. The van der Waals surface area contributed by atoms with E-state index in [2.05, 4.69) is 5.32 Å². The Morgan fingerprint density at radius 1 is 1.41 bits per heavy atom. The molecule has 1 heterocycles. The first-order valence-electron chi connectivity index (χ1n) is 5.36. The van der Waals surface area contributed by atoms with E-state index in [-0.39, 0.29) is 0 Å². The summed E-state index contributed by atoms with van der Waals surface area (Å²) in [6.45, 7) is 1.61. The lowest BCUT2D eigenvalue weighted by Crippen LogP contribution is -2.24. The van der Waals surface area contributed by atoms with Crippen molar-refractivity contribution in [2.75, 3.05) is 36.1 Å². The molecule has 0 saturated carbocycles. The first kappa shape index (κ1) is 12.2. The van der Waals surface area contributed by atoms with E-state index in [0.29, 0.717) is 11.8 Å². The number of hydrogen-bond acceptors (Lipinski definition) is 4. The van der Waals surface area contributed by atoms with Gasteiger partial charge in [0.25, 0.3) is 0 Å². The molecular formula is C11H16N2O3S. The van der Waals surface area contributed by atoms with Gasteiger partial charge in [0, 0.05) is 19.3 Å². The van der Waals surface area contributed by atoms with Crippen LogP contribution in [0.4, 0.5) is 11.4 Å². The van der Waals surface area contributed by atoms with Crippen LogP contribution in [0.25, 0.3) is 0 Å². The molecule has 94 valence electrons. The smallest absolute Gasteiger partial charge is 0.231 e. The van der Waals surface area contributed by atoms with Crippen LogP contribution in [-0.2, 0) is 14.8 Å². The molecule has 1 N–H and O–H groups in total. The molecule has 1 aliphatic rings. The number of epoxide rings is 1. The van der Waals surface area contributed by atoms with E-state index in [1.807, 2.05) is 12.1 Å². The minimum atomic E-state index is -3.19. The minimum Gasteiger partial charge on any atom is -0.382 e. The summed E-state index contributed by atoms with van der Waals surface area (Å²) in [5.74, 6) is 0. The van der Waals surface area contributed by atoms with Gasteiger partial charge in [-0.3, -0.25) is 4.31 Å². The number of rotatable bonds is 5. The standard InChI is InChI=1S/C11H16N2O3S/c1-13(17(2,14)15)10-5-3-9(4-6-10)12-7-11-8-16-11/h3-6,11-12H,7-8H2,1-2H3. The summed E-state index contributed by atoms with van der Waals surface area (Å²) in [7, 11) is -1.65. The van der Waals surface area contributed by atoms with E-state index in [1.54, 1.807) is 12.1 Å². The van der Waals surface area contributed by atoms with Crippen LogP contribution in [0.1, 0.15) is 0 Å². The van der Waals surface area contributed by atoms with Crippen molar-refractivity contribution in [1.82, 2.24) is 0 Å². The quantitative estimate of drug-likeness (QED) is 0.795. The lowest BCUT2D eigenvalue weighted by molar-refractivity contribution is 0.417. The van der Waals surface area contributed by atoms with Crippen molar-refractivity contribution < 1.29 is 13.2 Å². The molecule has 0 radical (unpaired) electrons. The highest BCUT2D eigenvalue weighted by Gasteiger charge is 2.21. The van der Waals surface area contributed by atoms with E-state index in [9.17, 15) is 8.42 Å². The van der Waals surface area contributed by atoms with Crippen molar-refractivity contribution in [3.63, 3.8) is 0 Å². The summed E-state index contributed by atoms with van der Waals surface area (Å²) in [6, 6.07) is 7.27. The molecule has 5 nitrogen and oxygen atoms in total. The number of sulfonamides is 1.